The Balaban J connectivity index is 0.00000128. The van der Waals surface area contributed by atoms with Crippen LogP contribution in [0.25, 0.3) is 22.2 Å². The van der Waals surface area contributed by atoms with Gasteiger partial charge in [-0.25, -0.2) is 4.98 Å². The van der Waals surface area contributed by atoms with E-state index in [1.54, 1.807) is 0 Å². The summed E-state index contributed by atoms with van der Waals surface area (Å²) in [5.41, 5.74) is 3.14. The van der Waals surface area contributed by atoms with Crippen LogP contribution in [-0.4, -0.2) is 41.0 Å². The molecule has 4 nitrogen and oxygen atoms in total. The second kappa shape index (κ2) is 9.52. The molecule has 3 heterocycles. The topological polar surface area (TPSA) is 45.2 Å². The third-order valence-corrected chi connectivity index (χ3v) is 6.31. The summed E-state index contributed by atoms with van der Waals surface area (Å²) >= 11 is 6.42. The minimum Gasteiger partial charge on any atom is -0.331 e. The molecule has 2 unspecified atom stereocenters. The van der Waals surface area contributed by atoms with Crippen molar-refractivity contribution in [2.24, 2.45) is 0 Å². The fraction of sp³-hybridized carbons (Fsp3) is 0.304. The molecule has 2 fully saturated rings. The molecule has 0 saturated carbocycles. The van der Waals surface area contributed by atoms with Crippen molar-refractivity contribution in [1.29, 1.82) is 0 Å². The fourth-order valence-corrected chi connectivity index (χ4v) is 4.84. The first-order valence-corrected chi connectivity index (χ1v) is 10.3. The van der Waals surface area contributed by atoms with Gasteiger partial charge in [0.1, 0.15) is 0 Å². The molecule has 2 bridgehead atoms. The minimum atomic E-state index is 0. The molecule has 5 rings (SSSR count). The number of pyridine rings is 1. The van der Waals surface area contributed by atoms with Crippen LogP contribution in [0.15, 0.2) is 54.6 Å². The van der Waals surface area contributed by atoms with Crippen molar-refractivity contribution < 1.29 is 4.79 Å². The third kappa shape index (κ3) is 4.02. The number of halogens is 3. The first kappa shape index (κ1) is 22.8. The van der Waals surface area contributed by atoms with E-state index in [-0.39, 0.29) is 36.8 Å². The first-order chi connectivity index (χ1) is 13.7. The van der Waals surface area contributed by atoms with E-state index >= 15 is 0 Å². The number of nitrogens with one attached hydrogen (secondary N) is 1. The molecule has 158 valence electrons. The van der Waals surface area contributed by atoms with Gasteiger partial charge in [-0.05, 0) is 44.0 Å². The van der Waals surface area contributed by atoms with E-state index in [1.807, 2.05) is 54.6 Å². The average Bonchev–Trinajstić information content (AvgIpc) is 2.99. The Kier molecular flexibility index (Phi) is 7.25. The van der Waals surface area contributed by atoms with E-state index in [2.05, 4.69) is 10.2 Å². The van der Waals surface area contributed by atoms with Gasteiger partial charge in [0, 0.05) is 34.6 Å². The molecule has 0 radical (unpaired) electrons. The van der Waals surface area contributed by atoms with Crippen molar-refractivity contribution in [1.82, 2.24) is 15.2 Å². The Morgan fingerprint density at radius 3 is 2.57 bits per heavy atom. The van der Waals surface area contributed by atoms with Crippen LogP contribution in [0.1, 0.15) is 29.6 Å². The average molecular weight is 465 g/mol. The van der Waals surface area contributed by atoms with Gasteiger partial charge in [0.05, 0.1) is 16.8 Å². The Morgan fingerprint density at radius 2 is 1.73 bits per heavy atom. The summed E-state index contributed by atoms with van der Waals surface area (Å²) in [7, 11) is 0. The predicted molar refractivity (Wildman–Crippen MR) is 127 cm³/mol. The predicted octanol–water partition coefficient (Wildman–Crippen LogP) is 5.37. The van der Waals surface area contributed by atoms with Crippen LogP contribution in [0.2, 0.25) is 5.02 Å². The summed E-state index contributed by atoms with van der Waals surface area (Å²) in [6, 6.07) is 18.1. The maximum Gasteiger partial charge on any atom is 0.255 e. The van der Waals surface area contributed by atoms with Gasteiger partial charge in [0.2, 0.25) is 0 Å². The summed E-state index contributed by atoms with van der Waals surface area (Å²) in [5, 5.41) is 5.02. The molecule has 2 aromatic carbocycles. The zero-order valence-corrected chi connectivity index (χ0v) is 18.8. The van der Waals surface area contributed by atoms with Crippen molar-refractivity contribution in [3.05, 3.63) is 65.2 Å². The van der Waals surface area contributed by atoms with E-state index < -0.39 is 0 Å². The maximum atomic E-state index is 13.7. The number of nitrogens with zero attached hydrogens (tertiary/aromatic N) is 2. The lowest BCUT2D eigenvalue weighted by Crippen LogP contribution is -2.42. The smallest absolute Gasteiger partial charge is 0.255 e. The van der Waals surface area contributed by atoms with E-state index in [4.69, 9.17) is 16.6 Å². The van der Waals surface area contributed by atoms with Crippen molar-refractivity contribution in [2.75, 3.05) is 13.1 Å². The molecule has 0 spiro atoms. The van der Waals surface area contributed by atoms with Crippen LogP contribution in [0.4, 0.5) is 0 Å². The summed E-state index contributed by atoms with van der Waals surface area (Å²) < 4.78 is 0. The number of carbonyl (C=O) groups excluding carboxylic acids is 1. The lowest BCUT2D eigenvalue weighted by atomic mass is 10.0. The molecular weight excluding hydrogens is 441 g/mol. The normalized spacial score (nSPS) is 20.2. The summed E-state index contributed by atoms with van der Waals surface area (Å²) in [6.07, 6.45) is 3.19. The Hall–Kier alpha value is -1.85. The van der Waals surface area contributed by atoms with Gasteiger partial charge in [-0.2, -0.15) is 0 Å². The third-order valence-electron chi connectivity index (χ3n) is 5.99. The number of rotatable bonds is 2. The Bertz CT molecular complexity index is 1040. The number of amides is 1. The second-order valence-electron chi connectivity index (χ2n) is 7.64. The molecule has 1 amide bonds. The second-order valence-corrected chi connectivity index (χ2v) is 8.05. The van der Waals surface area contributed by atoms with Crippen molar-refractivity contribution in [3.63, 3.8) is 0 Å². The van der Waals surface area contributed by atoms with Crippen LogP contribution < -0.4 is 5.32 Å². The van der Waals surface area contributed by atoms with Gasteiger partial charge < -0.3 is 10.2 Å². The van der Waals surface area contributed by atoms with Gasteiger partial charge in [0.15, 0.2) is 0 Å². The molecule has 2 aliphatic heterocycles. The van der Waals surface area contributed by atoms with Crippen molar-refractivity contribution >= 4 is 53.2 Å². The molecule has 2 atom stereocenters. The highest BCUT2D eigenvalue weighted by Crippen LogP contribution is 2.34. The summed E-state index contributed by atoms with van der Waals surface area (Å²) in [5.74, 6) is 0.114. The highest BCUT2D eigenvalue weighted by Gasteiger charge is 2.38. The van der Waals surface area contributed by atoms with Gasteiger partial charge in [-0.1, -0.05) is 48.0 Å². The Morgan fingerprint density at radius 1 is 1.00 bits per heavy atom. The summed E-state index contributed by atoms with van der Waals surface area (Å²) in [6.45, 7) is 1.86. The lowest BCUT2D eigenvalue weighted by Gasteiger charge is -2.28. The van der Waals surface area contributed by atoms with Crippen LogP contribution in [0, 0.1) is 0 Å². The van der Waals surface area contributed by atoms with Gasteiger partial charge in [-0.15, -0.1) is 24.8 Å². The molecule has 1 aromatic heterocycles. The van der Waals surface area contributed by atoms with E-state index in [9.17, 15) is 4.79 Å². The monoisotopic (exact) mass is 463 g/mol. The van der Waals surface area contributed by atoms with Crippen LogP contribution in [-0.2, 0) is 0 Å². The fourth-order valence-electron chi connectivity index (χ4n) is 4.61. The molecule has 0 aliphatic carbocycles. The number of benzene rings is 2. The number of hydrogen-bond donors (Lipinski definition) is 1. The number of para-hydroxylation sites is 1. The SMILES string of the molecule is Cl.Cl.O=C(c1cc(-c2ccccc2Cl)nc2ccccc12)N1C2CCNCC1CC2. The number of hydrogen-bond acceptors (Lipinski definition) is 3. The van der Waals surface area contributed by atoms with Gasteiger partial charge >= 0.3 is 0 Å². The largest absolute Gasteiger partial charge is 0.331 e. The highest BCUT2D eigenvalue weighted by atomic mass is 35.5. The molecule has 30 heavy (non-hydrogen) atoms. The zero-order chi connectivity index (χ0) is 19.1. The standard InChI is InChI=1S/C23H22ClN3O.2ClH/c24-20-7-3-1-6-18(20)22-13-19(17-5-2-4-8-21(17)26-22)23(28)27-15-9-10-16(27)14-25-12-11-15;;/h1-8,13,15-16,25H,9-12,14H2;2*1H. The zero-order valence-electron chi connectivity index (χ0n) is 16.4. The van der Waals surface area contributed by atoms with Crippen molar-refractivity contribution in [2.45, 2.75) is 31.3 Å². The van der Waals surface area contributed by atoms with Gasteiger partial charge in [0.25, 0.3) is 5.91 Å². The van der Waals surface area contributed by atoms with Crippen LogP contribution >= 0.6 is 36.4 Å². The minimum absolute atomic E-state index is 0. The molecule has 2 saturated heterocycles. The Labute approximate surface area is 193 Å². The van der Waals surface area contributed by atoms with Crippen molar-refractivity contribution in [3.8, 4) is 11.3 Å². The number of carbonyl (C=O) groups is 1. The number of fused-ring (bicyclic) bond motifs is 3. The first-order valence-electron chi connectivity index (χ1n) is 9.90. The van der Waals surface area contributed by atoms with E-state index in [1.165, 1.54) is 0 Å². The lowest BCUT2D eigenvalue weighted by molar-refractivity contribution is 0.0682. The summed E-state index contributed by atoms with van der Waals surface area (Å²) in [4.78, 5) is 20.7. The quantitative estimate of drug-likeness (QED) is 0.555. The molecule has 1 N–H and O–H groups in total. The van der Waals surface area contributed by atoms with Gasteiger partial charge in [-0.3, -0.25) is 4.79 Å². The van der Waals surface area contributed by atoms with Crippen LogP contribution in [0.3, 0.4) is 0 Å². The molecule has 2 aliphatic rings. The highest BCUT2D eigenvalue weighted by molar-refractivity contribution is 6.33. The van der Waals surface area contributed by atoms with E-state index in [0.29, 0.717) is 11.1 Å². The number of aromatic nitrogens is 1. The maximum absolute atomic E-state index is 13.7. The molecular formula is C23H24Cl3N3O. The molecule has 7 heteroatoms. The van der Waals surface area contributed by atoms with Crippen LogP contribution in [0.5, 0.6) is 0 Å². The van der Waals surface area contributed by atoms with E-state index in [0.717, 1.165) is 60.1 Å². The molecule has 3 aromatic rings.